The zero-order chi connectivity index (χ0) is 20.3. The standard InChI is InChI=1S/C24H31ClN2O/c1-16-13-18(3)22(14-17(16)2)19(4)26-24(28)20-9-11-27(12-10-20)15-21-7-5-6-8-23(21)25/h5-8,13-14,19-20H,9-12,15H2,1-4H3,(H,26,28)/t19-/m0/s1. The lowest BCUT2D eigenvalue weighted by Gasteiger charge is -2.32. The Balaban J connectivity index is 1.54. The Kier molecular flexibility index (Phi) is 6.79. The van der Waals surface area contributed by atoms with Crippen LogP contribution in [0.4, 0.5) is 0 Å². The molecule has 0 saturated carbocycles. The fourth-order valence-corrected chi connectivity index (χ4v) is 4.27. The molecule has 1 heterocycles. The van der Waals surface area contributed by atoms with Crippen LogP contribution in [-0.4, -0.2) is 23.9 Å². The molecule has 1 aliphatic rings. The highest BCUT2D eigenvalue weighted by Crippen LogP contribution is 2.25. The number of benzene rings is 2. The molecule has 28 heavy (non-hydrogen) atoms. The number of nitrogens with zero attached hydrogens (tertiary/aromatic N) is 1. The van der Waals surface area contributed by atoms with E-state index in [0.29, 0.717) is 0 Å². The summed E-state index contributed by atoms with van der Waals surface area (Å²) in [6, 6.07) is 12.5. The van der Waals surface area contributed by atoms with Crippen LogP contribution in [0.1, 0.15) is 53.6 Å². The number of amides is 1. The molecule has 1 amide bonds. The second kappa shape index (κ2) is 9.11. The molecule has 1 N–H and O–H groups in total. The summed E-state index contributed by atoms with van der Waals surface area (Å²) in [6.45, 7) is 11.2. The van der Waals surface area contributed by atoms with E-state index >= 15 is 0 Å². The van der Waals surface area contributed by atoms with Crippen molar-refractivity contribution in [3.63, 3.8) is 0 Å². The monoisotopic (exact) mass is 398 g/mol. The Morgan fingerprint density at radius 3 is 2.43 bits per heavy atom. The van der Waals surface area contributed by atoms with E-state index in [1.165, 1.54) is 22.3 Å². The molecule has 0 bridgehead atoms. The van der Waals surface area contributed by atoms with Crippen molar-refractivity contribution in [3.8, 4) is 0 Å². The third kappa shape index (κ3) is 4.95. The summed E-state index contributed by atoms with van der Waals surface area (Å²) in [5.74, 6) is 0.277. The van der Waals surface area contributed by atoms with Crippen LogP contribution in [0.5, 0.6) is 0 Å². The van der Waals surface area contributed by atoms with E-state index in [9.17, 15) is 4.79 Å². The van der Waals surface area contributed by atoms with Crippen LogP contribution in [0.25, 0.3) is 0 Å². The van der Waals surface area contributed by atoms with Crippen molar-refractivity contribution < 1.29 is 4.79 Å². The second-order valence-electron chi connectivity index (χ2n) is 8.17. The van der Waals surface area contributed by atoms with Gasteiger partial charge in [0.15, 0.2) is 0 Å². The lowest BCUT2D eigenvalue weighted by molar-refractivity contribution is -0.127. The van der Waals surface area contributed by atoms with Crippen molar-refractivity contribution in [2.45, 2.75) is 53.1 Å². The van der Waals surface area contributed by atoms with Gasteiger partial charge >= 0.3 is 0 Å². The highest BCUT2D eigenvalue weighted by Gasteiger charge is 2.26. The van der Waals surface area contributed by atoms with Gasteiger partial charge in [-0.3, -0.25) is 9.69 Å². The number of halogens is 1. The molecule has 1 saturated heterocycles. The molecule has 0 aliphatic carbocycles. The molecule has 0 aromatic heterocycles. The number of piperidine rings is 1. The molecular weight excluding hydrogens is 368 g/mol. The van der Waals surface area contributed by atoms with E-state index < -0.39 is 0 Å². The van der Waals surface area contributed by atoms with Gasteiger partial charge in [0.2, 0.25) is 5.91 Å². The van der Waals surface area contributed by atoms with E-state index in [1.807, 2.05) is 18.2 Å². The Morgan fingerprint density at radius 2 is 1.75 bits per heavy atom. The van der Waals surface area contributed by atoms with Gasteiger partial charge in [0.1, 0.15) is 0 Å². The molecule has 3 rings (SSSR count). The number of nitrogens with one attached hydrogen (secondary N) is 1. The van der Waals surface area contributed by atoms with Gasteiger partial charge in [-0.15, -0.1) is 0 Å². The summed E-state index contributed by atoms with van der Waals surface area (Å²) in [6.07, 6.45) is 1.80. The molecule has 2 aromatic carbocycles. The van der Waals surface area contributed by atoms with Crippen molar-refractivity contribution in [2.75, 3.05) is 13.1 Å². The first-order chi connectivity index (χ1) is 13.3. The maximum Gasteiger partial charge on any atom is 0.223 e. The fraction of sp³-hybridized carbons (Fsp3) is 0.458. The lowest BCUT2D eigenvalue weighted by atomic mass is 9.93. The van der Waals surface area contributed by atoms with E-state index in [1.54, 1.807) is 0 Å². The highest BCUT2D eigenvalue weighted by molar-refractivity contribution is 6.31. The van der Waals surface area contributed by atoms with E-state index in [-0.39, 0.29) is 17.9 Å². The number of rotatable bonds is 5. The van der Waals surface area contributed by atoms with Gasteiger partial charge in [-0.05, 0) is 87.5 Å². The maximum absolute atomic E-state index is 12.8. The van der Waals surface area contributed by atoms with Crippen molar-refractivity contribution in [3.05, 3.63) is 69.2 Å². The summed E-state index contributed by atoms with van der Waals surface area (Å²) >= 11 is 6.28. The molecule has 2 aromatic rings. The van der Waals surface area contributed by atoms with Crippen LogP contribution in [-0.2, 0) is 11.3 Å². The van der Waals surface area contributed by atoms with Crippen LogP contribution < -0.4 is 5.32 Å². The SMILES string of the molecule is Cc1cc(C)c([C@H](C)NC(=O)C2CCN(Cc3ccccc3Cl)CC2)cc1C. The summed E-state index contributed by atoms with van der Waals surface area (Å²) in [5, 5.41) is 4.07. The summed E-state index contributed by atoms with van der Waals surface area (Å²) in [5.41, 5.74) is 6.18. The van der Waals surface area contributed by atoms with Crippen LogP contribution in [0, 0.1) is 26.7 Å². The van der Waals surface area contributed by atoms with Gasteiger partial charge in [-0.1, -0.05) is 41.9 Å². The van der Waals surface area contributed by atoms with Crippen LogP contribution in [0.2, 0.25) is 5.02 Å². The van der Waals surface area contributed by atoms with Gasteiger partial charge in [0.05, 0.1) is 6.04 Å². The average molecular weight is 399 g/mol. The number of likely N-dealkylation sites (tertiary alicyclic amines) is 1. The van der Waals surface area contributed by atoms with Crippen molar-refractivity contribution in [2.24, 2.45) is 5.92 Å². The van der Waals surface area contributed by atoms with Crippen molar-refractivity contribution in [1.29, 1.82) is 0 Å². The molecule has 1 fully saturated rings. The van der Waals surface area contributed by atoms with Gasteiger partial charge < -0.3 is 5.32 Å². The highest BCUT2D eigenvalue weighted by atomic mass is 35.5. The Bertz CT molecular complexity index is 840. The van der Waals surface area contributed by atoms with Crippen LogP contribution >= 0.6 is 11.6 Å². The Hall–Kier alpha value is -1.84. The predicted molar refractivity (Wildman–Crippen MR) is 117 cm³/mol. The number of hydrogen-bond acceptors (Lipinski definition) is 2. The van der Waals surface area contributed by atoms with Gasteiger partial charge in [0, 0.05) is 17.5 Å². The number of carbonyl (C=O) groups excluding carboxylic acids is 1. The predicted octanol–water partition coefficient (Wildman–Crippen LogP) is 5.35. The van der Waals surface area contributed by atoms with E-state index in [4.69, 9.17) is 11.6 Å². The van der Waals surface area contributed by atoms with Gasteiger partial charge in [-0.25, -0.2) is 0 Å². The number of carbonyl (C=O) groups is 1. The minimum Gasteiger partial charge on any atom is -0.349 e. The van der Waals surface area contributed by atoms with Crippen molar-refractivity contribution >= 4 is 17.5 Å². The summed E-state index contributed by atoms with van der Waals surface area (Å²) in [7, 11) is 0. The third-order valence-corrected chi connectivity index (χ3v) is 6.39. The third-order valence-electron chi connectivity index (χ3n) is 6.02. The minimum absolute atomic E-state index is 0.0351. The quantitative estimate of drug-likeness (QED) is 0.735. The smallest absolute Gasteiger partial charge is 0.223 e. The first-order valence-electron chi connectivity index (χ1n) is 10.2. The first kappa shape index (κ1) is 20.9. The van der Waals surface area contributed by atoms with Gasteiger partial charge in [0.25, 0.3) is 0 Å². The second-order valence-corrected chi connectivity index (χ2v) is 8.57. The molecule has 150 valence electrons. The molecule has 1 atom stereocenters. The van der Waals surface area contributed by atoms with E-state index in [2.05, 4.69) is 56.1 Å². The molecule has 1 aliphatic heterocycles. The summed E-state index contributed by atoms with van der Waals surface area (Å²) in [4.78, 5) is 15.2. The van der Waals surface area contributed by atoms with Gasteiger partial charge in [-0.2, -0.15) is 0 Å². The first-order valence-corrected chi connectivity index (χ1v) is 10.6. The number of hydrogen-bond donors (Lipinski definition) is 1. The zero-order valence-electron chi connectivity index (χ0n) is 17.4. The Labute approximate surface area is 174 Å². The van der Waals surface area contributed by atoms with E-state index in [0.717, 1.165) is 43.1 Å². The largest absolute Gasteiger partial charge is 0.349 e. The molecule has 0 unspecified atom stereocenters. The number of aryl methyl sites for hydroxylation is 3. The average Bonchev–Trinajstić information content (AvgIpc) is 2.67. The molecule has 0 spiro atoms. The normalized spacial score (nSPS) is 16.8. The summed E-state index contributed by atoms with van der Waals surface area (Å²) < 4.78 is 0. The van der Waals surface area contributed by atoms with Crippen LogP contribution in [0.15, 0.2) is 36.4 Å². The topological polar surface area (TPSA) is 32.3 Å². The Morgan fingerprint density at radius 1 is 1.11 bits per heavy atom. The molecule has 4 heteroatoms. The fourth-order valence-electron chi connectivity index (χ4n) is 4.08. The molecule has 3 nitrogen and oxygen atoms in total. The maximum atomic E-state index is 12.8. The minimum atomic E-state index is 0.0351. The molecule has 0 radical (unpaired) electrons. The molecular formula is C24H31ClN2O. The van der Waals surface area contributed by atoms with Crippen LogP contribution in [0.3, 0.4) is 0 Å². The zero-order valence-corrected chi connectivity index (χ0v) is 18.1. The van der Waals surface area contributed by atoms with Crippen molar-refractivity contribution in [1.82, 2.24) is 10.2 Å². The lowest BCUT2D eigenvalue weighted by Crippen LogP contribution is -2.41.